The lowest BCUT2D eigenvalue weighted by atomic mass is 9.99. The van der Waals surface area contributed by atoms with Gasteiger partial charge < -0.3 is 9.80 Å². The molecule has 2 aliphatic rings. The van der Waals surface area contributed by atoms with Crippen LogP contribution in [-0.2, 0) is 9.59 Å². The fourth-order valence-electron chi connectivity index (χ4n) is 3.06. The van der Waals surface area contributed by atoms with Crippen LogP contribution in [0.1, 0.15) is 46.5 Å². The molecule has 0 aromatic heterocycles. The third-order valence-electron chi connectivity index (χ3n) is 4.22. The van der Waals surface area contributed by atoms with Gasteiger partial charge in [-0.05, 0) is 40.0 Å². The molecular weight excluding hydrogens is 228 g/mol. The van der Waals surface area contributed by atoms with Gasteiger partial charge in [0.2, 0.25) is 11.8 Å². The average molecular weight is 252 g/mol. The third-order valence-corrected chi connectivity index (χ3v) is 4.22. The van der Waals surface area contributed by atoms with Crippen molar-refractivity contribution in [1.29, 1.82) is 0 Å². The summed E-state index contributed by atoms with van der Waals surface area (Å²) in [6.45, 7) is 7.61. The molecule has 4 nitrogen and oxygen atoms in total. The molecule has 2 amide bonds. The molecule has 0 aliphatic carbocycles. The summed E-state index contributed by atoms with van der Waals surface area (Å²) in [4.78, 5) is 28.1. The van der Waals surface area contributed by atoms with Crippen LogP contribution in [-0.4, -0.2) is 46.8 Å². The van der Waals surface area contributed by atoms with Crippen LogP contribution < -0.4 is 0 Å². The van der Waals surface area contributed by atoms with Crippen molar-refractivity contribution >= 4 is 11.8 Å². The van der Waals surface area contributed by atoms with E-state index in [2.05, 4.69) is 6.92 Å². The van der Waals surface area contributed by atoms with Gasteiger partial charge in [0.15, 0.2) is 0 Å². The Balaban J connectivity index is 2.00. The molecular formula is C14H24N2O2. The van der Waals surface area contributed by atoms with Crippen LogP contribution in [0, 0.1) is 5.92 Å². The largest absolute Gasteiger partial charge is 0.340 e. The van der Waals surface area contributed by atoms with Crippen LogP contribution >= 0.6 is 0 Å². The van der Waals surface area contributed by atoms with Crippen molar-refractivity contribution < 1.29 is 9.59 Å². The van der Waals surface area contributed by atoms with Gasteiger partial charge >= 0.3 is 0 Å². The summed E-state index contributed by atoms with van der Waals surface area (Å²) in [6.07, 6.45) is 3.82. The summed E-state index contributed by atoms with van der Waals surface area (Å²) in [5, 5.41) is 0. The van der Waals surface area contributed by atoms with Crippen molar-refractivity contribution in [2.75, 3.05) is 13.1 Å². The van der Waals surface area contributed by atoms with Crippen LogP contribution in [0.2, 0.25) is 0 Å². The van der Waals surface area contributed by atoms with Crippen molar-refractivity contribution in [3.8, 4) is 0 Å². The summed E-state index contributed by atoms with van der Waals surface area (Å²) < 4.78 is 0. The normalized spacial score (nSPS) is 29.2. The van der Waals surface area contributed by atoms with Crippen molar-refractivity contribution in [3.05, 3.63) is 0 Å². The van der Waals surface area contributed by atoms with Gasteiger partial charge in [-0.1, -0.05) is 0 Å². The number of rotatable bonds is 2. The second-order valence-electron chi connectivity index (χ2n) is 5.92. The van der Waals surface area contributed by atoms with Crippen LogP contribution in [0.3, 0.4) is 0 Å². The minimum absolute atomic E-state index is 0.111. The number of hydrogen-bond donors (Lipinski definition) is 0. The molecule has 2 aliphatic heterocycles. The van der Waals surface area contributed by atoms with Gasteiger partial charge in [0.1, 0.15) is 0 Å². The van der Waals surface area contributed by atoms with Gasteiger partial charge in [-0.25, -0.2) is 0 Å². The van der Waals surface area contributed by atoms with E-state index < -0.39 is 0 Å². The van der Waals surface area contributed by atoms with E-state index in [4.69, 9.17) is 0 Å². The Morgan fingerprint density at radius 2 is 2.06 bits per heavy atom. The lowest BCUT2D eigenvalue weighted by Gasteiger charge is -2.35. The fourth-order valence-corrected chi connectivity index (χ4v) is 3.06. The molecule has 0 saturated carbocycles. The number of carbonyl (C=O) groups excluding carboxylic acids is 2. The predicted molar refractivity (Wildman–Crippen MR) is 70.0 cm³/mol. The summed E-state index contributed by atoms with van der Waals surface area (Å²) in [5.41, 5.74) is 0. The van der Waals surface area contributed by atoms with E-state index in [1.165, 1.54) is 6.42 Å². The van der Waals surface area contributed by atoms with Crippen molar-refractivity contribution in [2.24, 2.45) is 5.92 Å². The zero-order valence-electron chi connectivity index (χ0n) is 11.7. The Labute approximate surface area is 109 Å². The molecule has 0 spiro atoms. The number of carbonyl (C=O) groups is 2. The van der Waals surface area contributed by atoms with Crippen LogP contribution in [0.4, 0.5) is 0 Å². The number of piperidine rings is 1. The van der Waals surface area contributed by atoms with E-state index in [9.17, 15) is 9.59 Å². The third kappa shape index (κ3) is 2.52. The molecule has 18 heavy (non-hydrogen) atoms. The standard InChI is InChI=1S/C14H24N2O2/c1-10(2)16-9-12(8-13(16)17)14(18)15-7-5-4-6-11(15)3/h10-12H,4-9H2,1-3H3/t11-,12-/m0/s1. The van der Waals surface area contributed by atoms with Crippen LogP contribution in [0.5, 0.6) is 0 Å². The Bertz CT molecular complexity index is 341. The topological polar surface area (TPSA) is 40.6 Å². The Hall–Kier alpha value is -1.06. The van der Waals surface area contributed by atoms with Crippen LogP contribution in [0.15, 0.2) is 0 Å². The number of amides is 2. The first-order valence-electron chi connectivity index (χ1n) is 7.10. The molecule has 0 aromatic carbocycles. The van der Waals surface area contributed by atoms with Gasteiger partial charge in [-0.3, -0.25) is 9.59 Å². The van der Waals surface area contributed by atoms with Gasteiger partial charge in [-0.15, -0.1) is 0 Å². The van der Waals surface area contributed by atoms with E-state index >= 15 is 0 Å². The Kier molecular flexibility index (Phi) is 3.93. The summed E-state index contributed by atoms with van der Waals surface area (Å²) in [7, 11) is 0. The maximum atomic E-state index is 12.5. The SMILES string of the molecule is CC(C)N1C[C@@H](C(=O)N2CCCC[C@@H]2C)CC1=O. The van der Waals surface area contributed by atoms with E-state index in [0.29, 0.717) is 19.0 Å². The van der Waals surface area contributed by atoms with Crippen molar-refractivity contribution in [1.82, 2.24) is 9.80 Å². The molecule has 102 valence electrons. The highest BCUT2D eigenvalue weighted by atomic mass is 16.2. The average Bonchev–Trinajstić information content (AvgIpc) is 2.71. The molecule has 2 fully saturated rings. The van der Waals surface area contributed by atoms with E-state index in [1.54, 1.807) is 0 Å². The first kappa shape index (κ1) is 13.4. The highest BCUT2D eigenvalue weighted by Gasteiger charge is 2.38. The first-order chi connectivity index (χ1) is 8.50. The smallest absolute Gasteiger partial charge is 0.228 e. The second kappa shape index (κ2) is 5.29. The first-order valence-corrected chi connectivity index (χ1v) is 7.10. The van der Waals surface area contributed by atoms with E-state index in [1.807, 2.05) is 23.6 Å². The summed E-state index contributed by atoms with van der Waals surface area (Å²) in [6, 6.07) is 0.545. The highest BCUT2D eigenvalue weighted by Crippen LogP contribution is 2.25. The summed E-state index contributed by atoms with van der Waals surface area (Å²) >= 11 is 0. The quantitative estimate of drug-likeness (QED) is 0.749. The number of nitrogens with zero attached hydrogens (tertiary/aromatic N) is 2. The number of hydrogen-bond acceptors (Lipinski definition) is 2. The minimum atomic E-state index is -0.111. The molecule has 0 aromatic rings. The van der Waals surface area contributed by atoms with Crippen molar-refractivity contribution in [2.45, 2.75) is 58.5 Å². The molecule has 0 bridgehead atoms. The zero-order valence-corrected chi connectivity index (χ0v) is 11.7. The van der Waals surface area contributed by atoms with Gasteiger partial charge in [0.25, 0.3) is 0 Å². The minimum Gasteiger partial charge on any atom is -0.340 e. The van der Waals surface area contributed by atoms with Gasteiger partial charge in [0, 0.05) is 31.6 Å². The molecule has 2 atom stereocenters. The summed E-state index contributed by atoms with van der Waals surface area (Å²) in [5.74, 6) is 0.215. The lowest BCUT2D eigenvalue weighted by Crippen LogP contribution is -2.45. The van der Waals surface area contributed by atoms with Gasteiger partial charge in [0.05, 0.1) is 5.92 Å². The maximum absolute atomic E-state index is 12.5. The maximum Gasteiger partial charge on any atom is 0.228 e. The Morgan fingerprint density at radius 1 is 1.33 bits per heavy atom. The highest BCUT2D eigenvalue weighted by molar-refractivity contribution is 5.89. The van der Waals surface area contributed by atoms with E-state index in [-0.39, 0.29) is 23.8 Å². The van der Waals surface area contributed by atoms with E-state index in [0.717, 1.165) is 19.4 Å². The molecule has 4 heteroatoms. The molecule has 0 radical (unpaired) electrons. The Morgan fingerprint density at radius 3 is 2.61 bits per heavy atom. The fraction of sp³-hybridized carbons (Fsp3) is 0.857. The molecule has 0 unspecified atom stereocenters. The molecule has 0 N–H and O–H groups in total. The lowest BCUT2D eigenvalue weighted by molar-refractivity contribution is -0.139. The zero-order chi connectivity index (χ0) is 13.3. The molecule has 2 rings (SSSR count). The number of likely N-dealkylation sites (tertiary alicyclic amines) is 2. The molecule has 2 heterocycles. The van der Waals surface area contributed by atoms with Crippen molar-refractivity contribution in [3.63, 3.8) is 0 Å². The monoisotopic (exact) mass is 252 g/mol. The van der Waals surface area contributed by atoms with Gasteiger partial charge in [-0.2, -0.15) is 0 Å². The van der Waals surface area contributed by atoms with Crippen LogP contribution in [0.25, 0.3) is 0 Å². The second-order valence-corrected chi connectivity index (χ2v) is 5.92. The predicted octanol–water partition coefficient (Wildman–Crippen LogP) is 1.64. The molecule has 2 saturated heterocycles.